The number of benzene rings is 3. The van der Waals surface area contributed by atoms with Gasteiger partial charge in [-0.15, -0.1) is 0 Å². The van der Waals surface area contributed by atoms with Crippen LogP contribution < -0.4 is 16.5 Å². The minimum Gasteiger partial charge on any atom is -0.508 e. The number of rotatable bonds is 12. The number of ether oxygens (including phenoxy) is 1. The number of aliphatic hydroxyl groups is 2. The zero-order valence-electron chi connectivity index (χ0n) is 31.1. The maximum absolute atomic E-state index is 13.1. The molecule has 1 aliphatic carbocycles. The number of phenolic OH excluding ortho intramolecular Hbond substituents is 1. The van der Waals surface area contributed by atoms with Crippen LogP contribution in [-0.4, -0.2) is 93.9 Å². The van der Waals surface area contributed by atoms with Gasteiger partial charge in [0.05, 0.1) is 12.2 Å². The van der Waals surface area contributed by atoms with Crippen LogP contribution in [0.3, 0.4) is 0 Å². The van der Waals surface area contributed by atoms with Gasteiger partial charge in [0.2, 0.25) is 0 Å². The molecular weight excluding hydrogens is 753 g/mol. The van der Waals surface area contributed by atoms with Gasteiger partial charge in [-0.1, -0.05) is 12.0 Å². The Morgan fingerprint density at radius 3 is 2.63 bits per heavy atom. The fourth-order valence-electron chi connectivity index (χ4n) is 6.95. The van der Waals surface area contributed by atoms with E-state index in [4.69, 9.17) is 14.9 Å². The number of unbranched alkanes of at least 4 members (excludes halogenated alkanes) is 1. The van der Waals surface area contributed by atoms with Crippen molar-refractivity contribution < 1.29 is 39.2 Å². The molecule has 57 heavy (non-hydrogen) atoms. The van der Waals surface area contributed by atoms with Crippen LogP contribution in [0.15, 0.2) is 76.5 Å². The summed E-state index contributed by atoms with van der Waals surface area (Å²) < 4.78 is 13.6. The summed E-state index contributed by atoms with van der Waals surface area (Å²) in [5.74, 6) is 6.03. The van der Waals surface area contributed by atoms with Crippen molar-refractivity contribution in [3.63, 3.8) is 0 Å². The van der Waals surface area contributed by atoms with Gasteiger partial charge in [-0.25, -0.2) is 15.0 Å². The number of aliphatic carboxylic acids is 1. The first-order chi connectivity index (χ1) is 27.4. The van der Waals surface area contributed by atoms with Gasteiger partial charge in [-0.05, 0) is 73.7 Å². The highest BCUT2D eigenvalue weighted by molar-refractivity contribution is 7.97. The minimum atomic E-state index is -1.29. The fourth-order valence-corrected chi connectivity index (χ4v) is 9.22. The maximum Gasteiger partial charge on any atom is 0.310 e. The number of imidazole rings is 1. The predicted octanol–water partition coefficient (Wildman–Crippen LogP) is 3.47. The average molecular weight is 794 g/mol. The van der Waals surface area contributed by atoms with E-state index in [2.05, 4.69) is 32.1 Å². The first kappa shape index (κ1) is 39.3. The van der Waals surface area contributed by atoms with Crippen LogP contribution >= 0.6 is 0 Å². The van der Waals surface area contributed by atoms with Crippen molar-refractivity contribution in [1.82, 2.24) is 24.8 Å². The Labute approximate surface area is 329 Å². The van der Waals surface area contributed by atoms with Crippen LogP contribution in [0.4, 0.5) is 5.82 Å². The third-order valence-electron chi connectivity index (χ3n) is 9.91. The summed E-state index contributed by atoms with van der Waals surface area (Å²) in [5, 5.41) is 45.2. The Morgan fingerprint density at radius 1 is 1.04 bits per heavy atom. The molecule has 7 N–H and O–H groups in total. The van der Waals surface area contributed by atoms with Crippen LogP contribution in [0, 0.1) is 24.7 Å². The molecule has 2 aliphatic heterocycles. The Kier molecular flexibility index (Phi) is 11.4. The van der Waals surface area contributed by atoms with Gasteiger partial charge in [0.1, 0.15) is 58.8 Å². The highest BCUT2D eigenvalue weighted by Gasteiger charge is 2.47. The summed E-state index contributed by atoms with van der Waals surface area (Å²) >= 11 is 0. The molecule has 0 saturated carbocycles. The summed E-state index contributed by atoms with van der Waals surface area (Å²) in [4.78, 5) is 49.3. The molecule has 2 aromatic heterocycles. The molecule has 6 atom stereocenters. The van der Waals surface area contributed by atoms with E-state index >= 15 is 0 Å². The molecule has 0 spiro atoms. The van der Waals surface area contributed by atoms with E-state index in [9.17, 15) is 34.8 Å². The minimum absolute atomic E-state index is 0.0367. The van der Waals surface area contributed by atoms with E-state index in [1.54, 1.807) is 31.2 Å². The van der Waals surface area contributed by atoms with Crippen LogP contribution in [0.2, 0.25) is 0 Å². The molecule has 0 bridgehead atoms. The molecule has 16 heteroatoms. The Bertz CT molecular complexity index is 2560. The number of carbonyl (C=O) groups is 2. The van der Waals surface area contributed by atoms with Gasteiger partial charge in [0.15, 0.2) is 28.9 Å². The molecule has 15 nitrogen and oxygen atoms in total. The zero-order valence-corrected chi connectivity index (χ0v) is 31.9. The molecule has 1 fully saturated rings. The number of nitrogens with two attached hydrogens (primary N) is 1. The van der Waals surface area contributed by atoms with E-state index < -0.39 is 47.3 Å². The van der Waals surface area contributed by atoms with Crippen LogP contribution in [0.1, 0.15) is 41.9 Å². The van der Waals surface area contributed by atoms with Gasteiger partial charge in [-0.2, -0.15) is 0 Å². The van der Waals surface area contributed by atoms with Crippen molar-refractivity contribution in [2.24, 2.45) is 5.92 Å². The first-order valence-electron chi connectivity index (χ1n) is 18.3. The van der Waals surface area contributed by atoms with E-state index in [0.717, 1.165) is 27.6 Å². The molecule has 3 aliphatic rings. The monoisotopic (exact) mass is 793 g/mol. The number of hydrogen-bond acceptors (Lipinski definition) is 12. The predicted molar refractivity (Wildman–Crippen MR) is 215 cm³/mol. The lowest BCUT2D eigenvalue weighted by molar-refractivity contribution is -0.140. The number of phenols is 1. The number of aromatic hydroxyl groups is 1. The largest absolute Gasteiger partial charge is 0.508 e. The highest BCUT2D eigenvalue weighted by atomic mass is 32.2. The number of nitrogens with zero attached hydrogens (tertiary/aromatic N) is 4. The summed E-state index contributed by atoms with van der Waals surface area (Å²) in [6.45, 7) is 3.91. The fraction of sp³-hybridized carbons (Fsp3) is 0.317. The zero-order chi connectivity index (χ0) is 40.4. The molecule has 2 unspecified atom stereocenters. The van der Waals surface area contributed by atoms with Crippen molar-refractivity contribution in [1.29, 1.82) is 0 Å². The Hall–Kier alpha value is -5.99. The smallest absolute Gasteiger partial charge is 0.310 e. The molecule has 7 rings (SSSR count). The molecular formula is C41H41N6O9S+. The van der Waals surface area contributed by atoms with Crippen LogP contribution in [0.25, 0.3) is 44.6 Å². The number of fused-ring (bicyclic) bond motifs is 3. The second-order valence-corrected chi connectivity index (χ2v) is 16.2. The molecule has 2 aromatic carbocycles. The topological polar surface area (TPSA) is 236 Å². The van der Waals surface area contributed by atoms with Gasteiger partial charge in [0, 0.05) is 58.1 Å². The lowest BCUT2D eigenvalue weighted by Crippen LogP contribution is -2.38. The average Bonchev–Trinajstić information content (AvgIpc) is 3.73. The SMILES string of the molecule is Cc1cc(C(=O)NCCCC#CC[S+](C[C@H](C)C(=O)O)C[C@H]2O[C@@H](n3cnc4c(N)ncnc43)C(O)[C@H]2O)ccc1-c1c2ccc(=O)cc-2oc2cc(O)ccc12. The van der Waals surface area contributed by atoms with Crippen molar-refractivity contribution in [2.45, 2.75) is 51.2 Å². The molecule has 294 valence electrons. The quantitative estimate of drug-likeness (QED) is 0.0451. The number of carboxylic acid groups (broad SMARTS) is 1. The number of amides is 1. The summed E-state index contributed by atoms with van der Waals surface area (Å²) in [7, 11) is -0.590. The third kappa shape index (κ3) is 8.28. The van der Waals surface area contributed by atoms with Crippen molar-refractivity contribution in [3.8, 4) is 40.0 Å². The second kappa shape index (κ2) is 16.6. The Morgan fingerprint density at radius 2 is 1.84 bits per heavy atom. The highest BCUT2D eigenvalue weighted by Crippen LogP contribution is 2.42. The first-order valence-corrected chi connectivity index (χ1v) is 20.0. The van der Waals surface area contributed by atoms with Crippen molar-refractivity contribution in [2.75, 3.05) is 29.5 Å². The van der Waals surface area contributed by atoms with E-state index in [1.807, 2.05) is 19.1 Å². The van der Waals surface area contributed by atoms with Gasteiger partial charge >= 0.3 is 5.97 Å². The summed E-state index contributed by atoms with van der Waals surface area (Å²) in [6.07, 6.45) is -0.535. The summed E-state index contributed by atoms with van der Waals surface area (Å²) in [5.41, 5.74) is 10.6. The van der Waals surface area contributed by atoms with Crippen LogP contribution in [0.5, 0.6) is 5.75 Å². The number of carboxylic acids is 1. The van der Waals surface area contributed by atoms with E-state index in [1.165, 1.54) is 35.4 Å². The molecule has 1 saturated heterocycles. The second-order valence-electron chi connectivity index (χ2n) is 14.0. The number of hydrogen-bond donors (Lipinski definition) is 6. The number of aryl methyl sites for hydroxylation is 1. The lowest BCUT2D eigenvalue weighted by atomic mass is 9.90. The lowest BCUT2D eigenvalue weighted by Gasteiger charge is -2.17. The van der Waals surface area contributed by atoms with Gasteiger partial charge in [0.25, 0.3) is 5.91 Å². The number of aliphatic hydroxyl groups excluding tert-OH is 2. The number of nitrogens with one attached hydrogen (secondary N) is 1. The molecule has 0 radical (unpaired) electrons. The number of anilines is 1. The maximum atomic E-state index is 13.1. The van der Waals surface area contributed by atoms with Gasteiger partial charge < -0.3 is 40.6 Å². The van der Waals surface area contributed by atoms with Crippen molar-refractivity contribution >= 4 is 50.7 Å². The number of nitrogen functional groups attached to an aromatic ring is 1. The number of carbonyl (C=O) groups excluding carboxylic acids is 1. The third-order valence-corrected chi connectivity index (χ3v) is 12.2. The summed E-state index contributed by atoms with van der Waals surface area (Å²) in [6, 6.07) is 14.9. The molecule has 4 heterocycles. The molecule has 1 amide bonds. The van der Waals surface area contributed by atoms with Gasteiger partial charge in [-0.3, -0.25) is 19.0 Å². The molecule has 4 aromatic rings. The van der Waals surface area contributed by atoms with E-state index in [0.29, 0.717) is 59.0 Å². The Balaban J connectivity index is 0.956. The van der Waals surface area contributed by atoms with Crippen molar-refractivity contribution in [3.05, 3.63) is 88.6 Å². The standard InChI is InChI=1S/C41H40N6O9S/c1-22-15-24(7-10-27(22)33-28-11-8-25(48)16-30(28)55-31-17-26(49)9-12-29(31)33)39(52)43-13-5-3-4-6-14-57(18-23(2)41(53)54)19-32-35(50)36(51)40(56-32)47-21-46-34-37(42)44-20-45-38(34)47/h7-12,15-17,20-21,23,32,35-36,40,50-51H,3,5,13-14,18-19H2,1-2H3,(H4-,42,43,44,45,48,49,52,53,54)/p+1/t23-,32+,35-,36?,40+,57?/m0/s1. The number of aromatic nitrogens is 4. The van der Waals surface area contributed by atoms with E-state index in [-0.39, 0.29) is 28.7 Å². The van der Waals surface area contributed by atoms with Crippen LogP contribution in [-0.2, 0) is 20.4 Å². The normalized spacial score (nSPS) is 19.0.